The molecule has 0 saturated heterocycles. The quantitative estimate of drug-likeness (QED) is 0.0180. The second-order valence-electron chi connectivity index (χ2n) is 31.0. The number of nitrogens with one attached hydrogen (secondary N) is 6. The van der Waals surface area contributed by atoms with Gasteiger partial charge in [-0.15, -0.1) is 32.1 Å². The van der Waals surface area contributed by atoms with Crippen LogP contribution in [-0.4, -0.2) is 60.8 Å². The minimum absolute atomic E-state index is 0.100. The van der Waals surface area contributed by atoms with Gasteiger partial charge >= 0.3 is 12.2 Å². The summed E-state index contributed by atoms with van der Waals surface area (Å²) in [5.74, 6) is 20.1. The van der Waals surface area contributed by atoms with Crippen LogP contribution in [-0.2, 0) is 0 Å². The summed E-state index contributed by atoms with van der Waals surface area (Å²) in [5, 5.41) is 21.3. The molecule has 12 aromatic rings. The highest BCUT2D eigenvalue weighted by Crippen LogP contribution is 2.27. The standard InChI is InChI=1S/C23H26O3.C19H20N2O.C19H20N2S.3C17H16N2S/c1-4-5-6-7-8-9-11-20-12-10-13-21(17-20)25-23(24)26-22-15-14-18(2)19(3)16-22;2*1-6-16-8-11-17(12-9-16)20(4)19(22)21(5)18-10-7-14(2)15(3)13-18;1-4-14-6-9-15(10-7-14)18-17(20)19-16-8-5-12(2)13(3)11-16;1-4-14-5-7-15(8-6-14)18-17(20)19-16-10-12(2)9-13(3)11-16;1-4-14-6-5-7-15(11-14)18-17(20)19-16-9-12(2)8-13(3)10-16/h10,12-17H,4-8H2,1-3H3;2*1,7-13H,2-5H3;3*1,5-11H,2-3H3,(H2,18,19,20). The lowest BCUT2D eigenvalue weighted by molar-refractivity contribution is 0.152. The zero-order chi connectivity index (χ0) is 94.9. The number of hydrogen-bond donors (Lipinski definition) is 6. The van der Waals surface area contributed by atoms with Crippen LogP contribution in [0.4, 0.5) is 66.5 Å². The topological polar surface area (TPSA) is 138 Å². The third-order valence-corrected chi connectivity index (χ3v) is 21.6. The van der Waals surface area contributed by atoms with Gasteiger partial charge in [-0.2, -0.15) is 0 Å². The lowest BCUT2D eigenvalue weighted by atomic mass is 10.1. The van der Waals surface area contributed by atoms with Gasteiger partial charge in [0.2, 0.25) is 0 Å². The average Bonchev–Trinajstić information content (AvgIpc) is 0.831. The van der Waals surface area contributed by atoms with Gasteiger partial charge in [0.15, 0.2) is 20.4 Å². The average molecular weight is 1790 g/mol. The fraction of sp³-hybridized carbons (Fsp3) is 0.196. The van der Waals surface area contributed by atoms with Gasteiger partial charge in [0, 0.05) is 125 Å². The maximum absolute atomic E-state index is 12.6. The Morgan fingerprint density at radius 1 is 0.308 bits per heavy atom. The van der Waals surface area contributed by atoms with Crippen LogP contribution >= 0.6 is 48.9 Å². The van der Waals surface area contributed by atoms with E-state index in [0.29, 0.717) is 26.8 Å². The van der Waals surface area contributed by atoms with E-state index in [4.69, 9.17) is 90.5 Å². The molecule has 0 atom stereocenters. The number of urea groups is 1. The number of rotatable bonds is 16. The van der Waals surface area contributed by atoms with Crippen LogP contribution in [0.25, 0.3) is 0 Å². The summed E-state index contributed by atoms with van der Waals surface area (Å²) in [6, 6.07) is 81.4. The van der Waals surface area contributed by atoms with Crippen LogP contribution < -0.4 is 61.0 Å². The zero-order valence-corrected chi connectivity index (χ0v) is 80.5. The molecule has 0 aliphatic heterocycles. The maximum atomic E-state index is 12.6. The Morgan fingerprint density at radius 2 is 0.646 bits per heavy atom. The molecule has 0 radical (unpaired) electrons. The Balaban J connectivity index is 0.000000214. The molecule has 2 amide bonds. The molecule has 0 saturated carbocycles. The minimum atomic E-state index is -0.752. The number of carbonyl (C=O) groups is 2. The lowest BCUT2D eigenvalue weighted by Gasteiger charge is -2.28. The Labute approximate surface area is 793 Å². The van der Waals surface area contributed by atoms with E-state index < -0.39 is 6.16 Å². The van der Waals surface area contributed by atoms with Gasteiger partial charge in [0.25, 0.3) is 0 Å². The number of hydrogen-bond acceptors (Lipinski definition) is 8. The molecule has 18 heteroatoms. The fourth-order valence-corrected chi connectivity index (χ4v) is 13.5. The predicted octanol–water partition coefficient (Wildman–Crippen LogP) is 26.6. The Hall–Kier alpha value is -14.7. The molecular weight excluding hydrogens is 1680 g/mol. The number of amides is 2. The van der Waals surface area contributed by atoms with Crippen molar-refractivity contribution in [2.24, 2.45) is 0 Å². The summed E-state index contributed by atoms with van der Waals surface area (Å²) in [6.07, 6.45) is 31.7. The van der Waals surface area contributed by atoms with Crippen molar-refractivity contribution in [2.75, 3.05) is 79.7 Å². The van der Waals surface area contributed by atoms with Crippen LogP contribution in [0.15, 0.2) is 255 Å². The number of aryl methyl sites for hydroxylation is 12. The lowest BCUT2D eigenvalue weighted by Crippen LogP contribution is -2.38. The summed E-state index contributed by atoms with van der Waals surface area (Å²) in [7, 11) is 7.48. The number of carbonyl (C=O) groups excluding carboxylic acids is 2. The van der Waals surface area contributed by atoms with Crippen molar-refractivity contribution in [1.29, 1.82) is 0 Å². The number of unbranched alkanes of at least 4 members (excludes halogenated alkanes) is 4. The summed E-state index contributed by atoms with van der Waals surface area (Å²) >= 11 is 21.5. The van der Waals surface area contributed by atoms with Crippen LogP contribution in [0, 0.1) is 157 Å². The monoisotopic (exact) mass is 1790 g/mol. The first-order valence-corrected chi connectivity index (χ1v) is 43.9. The number of thiocarbonyl (C=S) groups is 4. The van der Waals surface area contributed by atoms with Gasteiger partial charge in [-0.3, -0.25) is 9.80 Å². The van der Waals surface area contributed by atoms with Crippen LogP contribution in [0.2, 0.25) is 0 Å². The molecule has 0 bridgehead atoms. The first kappa shape index (κ1) is 102. The van der Waals surface area contributed by atoms with Gasteiger partial charge < -0.3 is 51.2 Å². The molecule has 0 heterocycles. The molecule has 12 aromatic carbocycles. The SMILES string of the molecule is C#Cc1ccc(N(C)C(=O)N(C)c2ccc(C)c(C)c2)cc1.C#Cc1ccc(N(C)C(=S)N(C)c2ccc(C)c(C)c2)cc1.C#Cc1ccc(NC(=S)Nc2cc(C)cc(C)c2)cc1.C#Cc1ccc(NC(=S)Nc2ccc(C)c(C)c2)cc1.C#Cc1cccc(NC(=S)Nc2cc(C)cc(C)c2)c1.CCCCCCC#Cc1cccc(OC(=O)Oc2ccc(C)c(C)c2)c1. The Kier molecular flexibility index (Phi) is 41.3. The van der Waals surface area contributed by atoms with Gasteiger partial charge in [-0.1, -0.05) is 116 Å². The second-order valence-corrected chi connectivity index (χ2v) is 32.6. The van der Waals surface area contributed by atoms with Crippen molar-refractivity contribution in [3.8, 4) is 85.1 Å². The third-order valence-electron chi connectivity index (χ3n) is 20.5. The normalized spacial score (nSPS) is 9.82. The Bertz CT molecular complexity index is 6070. The molecule has 6 N–H and O–H groups in total. The summed E-state index contributed by atoms with van der Waals surface area (Å²) in [6.45, 7) is 26.9. The van der Waals surface area contributed by atoms with Crippen LogP contribution in [0.3, 0.4) is 0 Å². The molecule has 14 nitrogen and oxygen atoms in total. The number of ether oxygens (including phenoxy) is 2. The van der Waals surface area contributed by atoms with Gasteiger partial charge in [-0.05, 0) is 411 Å². The van der Waals surface area contributed by atoms with E-state index in [1.54, 1.807) is 42.1 Å². The van der Waals surface area contributed by atoms with E-state index >= 15 is 0 Å². The minimum Gasteiger partial charge on any atom is -0.395 e. The zero-order valence-electron chi connectivity index (χ0n) is 77.2. The van der Waals surface area contributed by atoms with E-state index in [1.165, 1.54) is 69.3 Å². The number of nitrogens with zero attached hydrogens (tertiary/aromatic N) is 4. The maximum Gasteiger partial charge on any atom is 0.519 e. The molecule has 0 aliphatic rings. The van der Waals surface area contributed by atoms with Gasteiger partial charge in [0.1, 0.15) is 11.5 Å². The predicted molar refractivity (Wildman–Crippen MR) is 567 cm³/mol. The molecule has 12 rings (SSSR count). The highest BCUT2D eigenvalue weighted by atomic mass is 32.1. The summed E-state index contributed by atoms with van der Waals surface area (Å²) < 4.78 is 10.5. The van der Waals surface area contributed by atoms with Crippen LogP contribution in [0.5, 0.6) is 11.5 Å². The van der Waals surface area contributed by atoms with Gasteiger partial charge in [0.05, 0.1) is 0 Å². The van der Waals surface area contributed by atoms with E-state index in [9.17, 15) is 9.59 Å². The van der Waals surface area contributed by atoms with Crippen molar-refractivity contribution >= 4 is 138 Å². The van der Waals surface area contributed by atoms with Crippen molar-refractivity contribution in [3.05, 3.63) is 355 Å². The molecule has 130 heavy (non-hydrogen) atoms. The number of anilines is 10. The number of benzene rings is 12. The molecule has 0 unspecified atom stereocenters. The third kappa shape index (κ3) is 34.6. The van der Waals surface area contributed by atoms with Crippen molar-refractivity contribution in [1.82, 2.24) is 0 Å². The van der Waals surface area contributed by atoms with Crippen molar-refractivity contribution in [2.45, 2.75) is 122 Å². The second kappa shape index (κ2) is 52.4. The van der Waals surface area contributed by atoms with E-state index in [-0.39, 0.29) is 6.03 Å². The van der Waals surface area contributed by atoms with E-state index in [2.05, 4.69) is 209 Å². The first-order chi connectivity index (χ1) is 62.2. The highest BCUT2D eigenvalue weighted by Gasteiger charge is 2.19. The molecule has 0 spiro atoms. The van der Waals surface area contributed by atoms with Gasteiger partial charge in [-0.25, -0.2) is 9.59 Å². The molecule has 0 aromatic heterocycles. The smallest absolute Gasteiger partial charge is 0.395 e. The molecule has 660 valence electrons. The van der Waals surface area contributed by atoms with E-state index in [0.717, 1.165) is 125 Å². The van der Waals surface area contributed by atoms with Crippen molar-refractivity contribution < 1.29 is 19.1 Å². The molecular formula is C112H114N10O4S4. The largest absolute Gasteiger partial charge is 0.519 e. The molecule has 0 fully saturated rings. The summed E-state index contributed by atoms with van der Waals surface area (Å²) in [5.41, 5.74) is 28.9. The number of terminal acetylenes is 5. The van der Waals surface area contributed by atoms with E-state index in [1.807, 2.05) is 215 Å². The first-order valence-electron chi connectivity index (χ1n) is 42.2. The highest BCUT2D eigenvalue weighted by molar-refractivity contribution is 7.81. The fourth-order valence-electron chi connectivity index (χ4n) is 12.5. The van der Waals surface area contributed by atoms with Crippen molar-refractivity contribution in [3.63, 3.8) is 0 Å². The van der Waals surface area contributed by atoms with Crippen LogP contribution in [0.1, 0.15) is 139 Å². The molecule has 0 aliphatic carbocycles. The Morgan fingerprint density at radius 3 is 1.08 bits per heavy atom. The summed E-state index contributed by atoms with van der Waals surface area (Å²) in [4.78, 5) is 31.8.